The summed E-state index contributed by atoms with van der Waals surface area (Å²) >= 11 is 0. The third-order valence-corrected chi connectivity index (χ3v) is 2.91. The molecule has 0 bridgehead atoms. The molecule has 100 valence electrons. The van der Waals surface area contributed by atoms with E-state index in [1.165, 1.54) is 0 Å². The van der Waals surface area contributed by atoms with E-state index in [0.717, 1.165) is 43.0 Å². The van der Waals surface area contributed by atoms with Crippen molar-refractivity contribution in [3.8, 4) is 11.5 Å². The molecule has 2 N–H and O–H groups in total. The van der Waals surface area contributed by atoms with E-state index in [1.807, 2.05) is 18.2 Å². The minimum atomic E-state index is -0.259. The zero-order valence-electron chi connectivity index (χ0n) is 10.8. The Morgan fingerprint density at radius 3 is 3.00 bits per heavy atom. The average molecular weight is 251 g/mol. The molecule has 0 saturated carbocycles. The first-order chi connectivity index (χ1) is 8.77. The second kappa shape index (κ2) is 6.61. The second-order valence-electron chi connectivity index (χ2n) is 4.61. The maximum absolute atomic E-state index is 9.19. The molecule has 0 spiro atoms. The predicted molar refractivity (Wildman–Crippen MR) is 70.1 cm³/mol. The van der Waals surface area contributed by atoms with E-state index in [0.29, 0.717) is 13.2 Å². The van der Waals surface area contributed by atoms with Crippen LogP contribution in [0.2, 0.25) is 0 Å². The molecule has 1 unspecified atom stereocenters. The first-order valence-corrected chi connectivity index (χ1v) is 6.53. The molecule has 1 heterocycles. The van der Waals surface area contributed by atoms with Gasteiger partial charge in [0.2, 0.25) is 0 Å². The molecule has 1 aromatic carbocycles. The van der Waals surface area contributed by atoms with E-state index in [9.17, 15) is 5.11 Å². The number of aliphatic hydroxyl groups is 1. The molecule has 0 aromatic heterocycles. The maximum atomic E-state index is 9.19. The molecule has 4 heteroatoms. The molecule has 0 saturated heterocycles. The predicted octanol–water partition coefficient (Wildman–Crippen LogP) is 1.71. The number of aliphatic hydroxyl groups excluding tert-OH is 1. The van der Waals surface area contributed by atoms with Gasteiger partial charge < -0.3 is 19.9 Å². The first kappa shape index (κ1) is 13.2. The van der Waals surface area contributed by atoms with Crippen LogP contribution in [0.15, 0.2) is 18.2 Å². The Kier molecular flexibility index (Phi) is 4.84. The zero-order valence-corrected chi connectivity index (χ0v) is 10.8. The number of fused-ring (bicyclic) bond motifs is 1. The fourth-order valence-electron chi connectivity index (χ4n) is 1.93. The van der Waals surface area contributed by atoms with Gasteiger partial charge in [0.25, 0.3) is 0 Å². The standard InChI is InChI=1S/C14H21NO3/c1-11(16)6-7-15-10-12-4-2-5-13-14(12)18-9-3-8-17-13/h2,4-5,11,15-16H,3,6-10H2,1H3. The van der Waals surface area contributed by atoms with Gasteiger partial charge in [-0.2, -0.15) is 0 Å². The van der Waals surface area contributed by atoms with Crippen LogP contribution in [0.25, 0.3) is 0 Å². The average Bonchev–Trinajstić information content (AvgIpc) is 2.60. The lowest BCUT2D eigenvalue weighted by molar-refractivity contribution is 0.183. The molecular weight excluding hydrogens is 230 g/mol. The van der Waals surface area contributed by atoms with Gasteiger partial charge in [-0.05, 0) is 26.0 Å². The highest BCUT2D eigenvalue weighted by Crippen LogP contribution is 2.32. The van der Waals surface area contributed by atoms with Crippen LogP contribution in [0.5, 0.6) is 11.5 Å². The van der Waals surface area contributed by atoms with Crippen LogP contribution in [0.1, 0.15) is 25.3 Å². The summed E-state index contributed by atoms with van der Waals surface area (Å²) in [4.78, 5) is 0. The van der Waals surface area contributed by atoms with Crippen LogP contribution in [0, 0.1) is 0 Å². The minimum absolute atomic E-state index is 0.259. The van der Waals surface area contributed by atoms with Crippen LogP contribution in [0.4, 0.5) is 0 Å². The van der Waals surface area contributed by atoms with Gasteiger partial charge >= 0.3 is 0 Å². The van der Waals surface area contributed by atoms with Gasteiger partial charge in [0, 0.05) is 18.5 Å². The van der Waals surface area contributed by atoms with Crippen LogP contribution in [-0.2, 0) is 6.54 Å². The molecule has 18 heavy (non-hydrogen) atoms. The molecular formula is C14H21NO3. The van der Waals surface area contributed by atoms with Crippen LogP contribution in [-0.4, -0.2) is 31.0 Å². The van der Waals surface area contributed by atoms with E-state index < -0.39 is 0 Å². The fourth-order valence-corrected chi connectivity index (χ4v) is 1.93. The number of nitrogens with one attached hydrogen (secondary N) is 1. The Morgan fingerprint density at radius 1 is 1.33 bits per heavy atom. The molecule has 1 aliphatic heterocycles. The van der Waals surface area contributed by atoms with Crippen molar-refractivity contribution in [3.63, 3.8) is 0 Å². The Hall–Kier alpha value is -1.26. The zero-order chi connectivity index (χ0) is 12.8. The largest absolute Gasteiger partial charge is 0.490 e. The molecule has 0 aliphatic carbocycles. The van der Waals surface area contributed by atoms with Gasteiger partial charge in [0.15, 0.2) is 11.5 Å². The van der Waals surface area contributed by atoms with Gasteiger partial charge in [-0.3, -0.25) is 0 Å². The molecule has 1 aliphatic rings. The highest BCUT2D eigenvalue weighted by Gasteiger charge is 2.13. The Morgan fingerprint density at radius 2 is 2.17 bits per heavy atom. The minimum Gasteiger partial charge on any atom is -0.490 e. The molecule has 1 atom stereocenters. The van der Waals surface area contributed by atoms with Crippen molar-refractivity contribution >= 4 is 0 Å². The van der Waals surface area contributed by atoms with Gasteiger partial charge in [-0.25, -0.2) is 0 Å². The maximum Gasteiger partial charge on any atom is 0.165 e. The SMILES string of the molecule is CC(O)CCNCc1cccc2c1OCCCO2. The van der Waals surface area contributed by atoms with Crippen molar-refractivity contribution in [2.24, 2.45) is 0 Å². The summed E-state index contributed by atoms with van der Waals surface area (Å²) in [6, 6.07) is 5.97. The number of rotatable bonds is 5. The summed E-state index contributed by atoms with van der Waals surface area (Å²) < 4.78 is 11.4. The third kappa shape index (κ3) is 3.62. The normalized spacial score (nSPS) is 16.1. The number of hydrogen-bond donors (Lipinski definition) is 2. The number of hydrogen-bond acceptors (Lipinski definition) is 4. The van der Waals surface area contributed by atoms with Crippen molar-refractivity contribution in [3.05, 3.63) is 23.8 Å². The number of ether oxygens (including phenoxy) is 2. The molecule has 0 radical (unpaired) electrons. The lowest BCUT2D eigenvalue weighted by Gasteiger charge is -2.13. The summed E-state index contributed by atoms with van der Waals surface area (Å²) in [6.45, 7) is 4.75. The summed E-state index contributed by atoms with van der Waals surface area (Å²) in [5.41, 5.74) is 1.11. The Labute approximate surface area is 108 Å². The first-order valence-electron chi connectivity index (χ1n) is 6.53. The van der Waals surface area contributed by atoms with Crippen molar-refractivity contribution in [1.82, 2.24) is 5.32 Å². The summed E-state index contributed by atoms with van der Waals surface area (Å²) in [6.07, 6.45) is 1.42. The van der Waals surface area contributed by atoms with Crippen molar-refractivity contribution in [1.29, 1.82) is 0 Å². The van der Waals surface area contributed by atoms with Crippen molar-refractivity contribution in [2.45, 2.75) is 32.4 Å². The molecule has 1 aromatic rings. The summed E-state index contributed by atoms with van der Waals surface area (Å²) in [7, 11) is 0. The van der Waals surface area contributed by atoms with E-state index in [-0.39, 0.29) is 6.10 Å². The summed E-state index contributed by atoms with van der Waals surface area (Å²) in [5, 5.41) is 12.5. The highest BCUT2D eigenvalue weighted by atomic mass is 16.5. The van der Waals surface area contributed by atoms with E-state index in [4.69, 9.17) is 9.47 Å². The van der Waals surface area contributed by atoms with Gasteiger partial charge in [0.05, 0.1) is 19.3 Å². The van der Waals surface area contributed by atoms with Crippen LogP contribution >= 0.6 is 0 Å². The van der Waals surface area contributed by atoms with E-state index >= 15 is 0 Å². The molecule has 2 rings (SSSR count). The van der Waals surface area contributed by atoms with Crippen LogP contribution < -0.4 is 14.8 Å². The van der Waals surface area contributed by atoms with Crippen molar-refractivity contribution < 1.29 is 14.6 Å². The fraction of sp³-hybridized carbons (Fsp3) is 0.571. The summed E-state index contributed by atoms with van der Waals surface area (Å²) in [5.74, 6) is 1.70. The molecule has 0 amide bonds. The van der Waals surface area contributed by atoms with E-state index in [2.05, 4.69) is 5.32 Å². The van der Waals surface area contributed by atoms with Gasteiger partial charge in [-0.15, -0.1) is 0 Å². The van der Waals surface area contributed by atoms with Crippen molar-refractivity contribution in [2.75, 3.05) is 19.8 Å². The lowest BCUT2D eigenvalue weighted by Crippen LogP contribution is -2.19. The molecule has 4 nitrogen and oxygen atoms in total. The quantitative estimate of drug-likeness (QED) is 0.782. The van der Waals surface area contributed by atoms with Gasteiger partial charge in [-0.1, -0.05) is 12.1 Å². The topological polar surface area (TPSA) is 50.7 Å². The molecule has 0 fully saturated rings. The number of benzene rings is 1. The van der Waals surface area contributed by atoms with Crippen LogP contribution in [0.3, 0.4) is 0 Å². The lowest BCUT2D eigenvalue weighted by atomic mass is 10.2. The monoisotopic (exact) mass is 251 g/mol. The number of para-hydroxylation sites is 1. The Bertz CT molecular complexity index is 379. The second-order valence-corrected chi connectivity index (χ2v) is 4.61. The smallest absolute Gasteiger partial charge is 0.165 e. The Balaban J connectivity index is 1.95. The highest BCUT2D eigenvalue weighted by molar-refractivity contribution is 5.46. The van der Waals surface area contributed by atoms with Gasteiger partial charge in [0.1, 0.15) is 0 Å². The third-order valence-electron chi connectivity index (χ3n) is 2.91. The van der Waals surface area contributed by atoms with E-state index in [1.54, 1.807) is 6.92 Å².